The molecular formula is C15H12O4S. The van der Waals surface area contributed by atoms with E-state index < -0.39 is 5.97 Å². The number of thioether (sulfide) groups is 1. The predicted octanol–water partition coefficient (Wildman–Crippen LogP) is 2.97. The summed E-state index contributed by atoms with van der Waals surface area (Å²) in [6.07, 6.45) is 0.688. The molecule has 1 unspecified atom stereocenters. The Morgan fingerprint density at radius 3 is 2.70 bits per heavy atom. The number of fused-ring (bicyclic) bond motifs is 1. The van der Waals surface area contributed by atoms with Gasteiger partial charge in [-0.25, -0.2) is 4.79 Å². The molecule has 0 radical (unpaired) electrons. The molecule has 0 saturated heterocycles. The van der Waals surface area contributed by atoms with E-state index in [1.165, 1.54) is 36.6 Å². The van der Waals surface area contributed by atoms with Gasteiger partial charge in [-0.2, -0.15) is 0 Å². The molecule has 102 valence electrons. The summed E-state index contributed by atoms with van der Waals surface area (Å²) in [6, 6.07) is 11.0. The van der Waals surface area contributed by atoms with Gasteiger partial charge in [-0.3, -0.25) is 4.79 Å². The van der Waals surface area contributed by atoms with Crippen LogP contribution in [0.5, 0.6) is 0 Å². The number of carbonyl (C=O) groups excluding carboxylic acids is 2. The van der Waals surface area contributed by atoms with Crippen molar-refractivity contribution in [1.82, 2.24) is 0 Å². The van der Waals surface area contributed by atoms with Crippen LogP contribution in [0.25, 0.3) is 0 Å². The van der Waals surface area contributed by atoms with Gasteiger partial charge < -0.3 is 9.15 Å². The summed E-state index contributed by atoms with van der Waals surface area (Å²) in [7, 11) is 1.27. The third-order valence-electron chi connectivity index (χ3n) is 3.18. The number of methoxy groups -OCH3 is 1. The van der Waals surface area contributed by atoms with Crippen molar-refractivity contribution in [3.8, 4) is 0 Å². The van der Waals surface area contributed by atoms with Crippen molar-refractivity contribution in [2.24, 2.45) is 0 Å². The fourth-order valence-electron chi connectivity index (χ4n) is 2.17. The molecule has 5 heteroatoms. The summed E-state index contributed by atoms with van der Waals surface area (Å²) >= 11 is 1.54. The lowest BCUT2D eigenvalue weighted by molar-refractivity contribution is 0.0563. The lowest BCUT2D eigenvalue weighted by atomic mass is 10.1. The molecule has 0 fully saturated rings. The molecule has 20 heavy (non-hydrogen) atoms. The summed E-state index contributed by atoms with van der Waals surface area (Å²) in [5, 5.41) is -0.191. The van der Waals surface area contributed by atoms with Gasteiger partial charge in [0.2, 0.25) is 11.5 Å². The fourth-order valence-corrected chi connectivity index (χ4v) is 3.42. The Bertz CT molecular complexity index is 649. The standard InChI is InChI=1S/C15H12O4S/c1-18-15(17)11-7-6-10(19-11)14(16)13-8-9-4-2-3-5-12(9)20-13/h2-7,13H,8H2,1H3. The number of rotatable bonds is 3. The molecular weight excluding hydrogens is 276 g/mol. The van der Waals surface area contributed by atoms with Crippen LogP contribution in [-0.2, 0) is 11.2 Å². The third-order valence-corrected chi connectivity index (χ3v) is 4.49. The van der Waals surface area contributed by atoms with Crippen LogP contribution in [0.2, 0.25) is 0 Å². The van der Waals surface area contributed by atoms with Crippen LogP contribution in [0.15, 0.2) is 45.7 Å². The molecule has 0 saturated carbocycles. The zero-order valence-electron chi connectivity index (χ0n) is 10.8. The van der Waals surface area contributed by atoms with Gasteiger partial charge in [0.25, 0.3) is 0 Å². The highest BCUT2D eigenvalue weighted by molar-refractivity contribution is 8.01. The number of hydrogen-bond donors (Lipinski definition) is 0. The second-order valence-electron chi connectivity index (χ2n) is 4.44. The topological polar surface area (TPSA) is 56.5 Å². The molecule has 0 amide bonds. The summed E-state index contributed by atoms with van der Waals surface area (Å²) in [6.45, 7) is 0. The molecule has 1 aromatic heterocycles. The maximum atomic E-state index is 12.4. The molecule has 0 N–H and O–H groups in total. The molecule has 4 nitrogen and oxygen atoms in total. The van der Waals surface area contributed by atoms with Crippen molar-refractivity contribution in [3.05, 3.63) is 53.5 Å². The molecule has 2 aromatic rings. The van der Waals surface area contributed by atoms with E-state index in [0.29, 0.717) is 6.42 Å². The van der Waals surface area contributed by atoms with Crippen LogP contribution < -0.4 is 0 Å². The highest BCUT2D eigenvalue weighted by atomic mass is 32.2. The van der Waals surface area contributed by atoms with Crippen LogP contribution >= 0.6 is 11.8 Å². The number of ketones is 1. The first-order valence-electron chi connectivity index (χ1n) is 6.16. The highest BCUT2D eigenvalue weighted by Crippen LogP contribution is 2.38. The van der Waals surface area contributed by atoms with Crippen molar-refractivity contribution in [1.29, 1.82) is 0 Å². The first-order valence-corrected chi connectivity index (χ1v) is 7.04. The average molecular weight is 288 g/mol. The van der Waals surface area contributed by atoms with E-state index in [0.717, 1.165) is 4.90 Å². The van der Waals surface area contributed by atoms with Crippen molar-refractivity contribution < 1.29 is 18.7 Å². The van der Waals surface area contributed by atoms with E-state index in [1.807, 2.05) is 24.3 Å². The normalized spacial score (nSPS) is 16.8. The Morgan fingerprint density at radius 2 is 1.95 bits per heavy atom. The number of ether oxygens (including phenoxy) is 1. The van der Waals surface area contributed by atoms with Gasteiger partial charge in [-0.1, -0.05) is 18.2 Å². The smallest absolute Gasteiger partial charge is 0.373 e. The van der Waals surface area contributed by atoms with Gasteiger partial charge in [0.15, 0.2) is 5.76 Å². The lowest BCUT2D eigenvalue weighted by Gasteiger charge is -2.04. The zero-order valence-corrected chi connectivity index (χ0v) is 11.6. The first-order chi connectivity index (χ1) is 9.69. The minimum absolute atomic E-state index is 0.0522. The average Bonchev–Trinajstić information content (AvgIpc) is 3.12. The van der Waals surface area contributed by atoms with Crippen LogP contribution in [0, 0.1) is 0 Å². The van der Waals surface area contributed by atoms with E-state index >= 15 is 0 Å². The third kappa shape index (κ3) is 2.25. The molecule has 1 aromatic carbocycles. The van der Waals surface area contributed by atoms with E-state index in [2.05, 4.69) is 4.74 Å². The first kappa shape index (κ1) is 13.0. The Labute approximate surface area is 120 Å². The van der Waals surface area contributed by atoms with E-state index in [4.69, 9.17) is 4.42 Å². The van der Waals surface area contributed by atoms with Gasteiger partial charge >= 0.3 is 5.97 Å². The SMILES string of the molecule is COC(=O)c1ccc(C(=O)C2Cc3ccccc3S2)o1. The van der Waals surface area contributed by atoms with E-state index in [-0.39, 0.29) is 22.6 Å². The Morgan fingerprint density at radius 1 is 1.20 bits per heavy atom. The van der Waals surface area contributed by atoms with Gasteiger partial charge in [0, 0.05) is 4.90 Å². The number of Topliss-reactive ketones (excluding diaryl/α,β-unsaturated/α-hetero) is 1. The maximum Gasteiger partial charge on any atom is 0.373 e. The van der Waals surface area contributed by atoms with E-state index in [9.17, 15) is 9.59 Å². The zero-order chi connectivity index (χ0) is 14.1. The Kier molecular flexibility index (Phi) is 3.36. The number of benzene rings is 1. The Hall–Kier alpha value is -2.01. The van der Waals surface area contributed by atoms with Crippen molar-refractivity contribution in [2.75, 3.05) is 7.11 Å². The number of hydrogen-bond acceptors (Lipinski definition) is 5. The van der Waals surface area contributed by atoms with Gasteiger partial charge in [0.05, 0.1) is 12.4 Å². The van der Waals surface area contributed by atoms with Gasteiger partial charge in [0.1, 0.15) is 0 Å². The summed E-state index contributed by atoms with van der Waals surface area (Å²) in [5.41, 5.74) is 1.18. The van der Waals surface area contributed by atoms with Gasteiger partial charge in [-0.15, -0.1) is 11.8 Å². The predicted molar refractivity (Wildman–Crippen MR) is 74.2 cm³/mol. The number of esters is 1. The molecule has 1 aliphatic heterocycles. The van der Waals surface area contributed by atoms with Crippen LogP contribution in [-0.4, -0.2) is 24.1 Å². The summed E-state index contributed by atoms with van der Waals surface area (Å²) < 4.78 is 9.83. The monoisotopic (exact) mass is 288 g/mol. The van der Waals surface area contributed by atoms with Crippen molar-refractivity contribution in [3.63, 3.8) is 0 Å². The van der Waals surface area contributed by atoms with Crippen LogP contribution in [0.4, 0.5) is 0 Å². The minimum Gasteiger partial charge on any atom is -0.463 e. The molecule has 0 spiro atoms. The number of carbonyl (C=O) groups is 2. The second-order valence-corrected chi connectivity index (χ2v) is 5.68. The molecule has 1 aliphatic rings. The quantitative estimate of drug-likeness (QED) is 0.642. The summed E-state index contributed by atoms with van der Waals surface area (Å²) in [4.78, 5) is 24.8. The van der Waals surface area contributed by atoms with Crippen LogP contribution in [0.1, 0.15) is 26.7 Å². The Balaban J connectivity index is 1.78. The molecule has 2 heterocycles. The number of furan rings is 1. The van der Waals surface area contributed by atoms with Crippen molar-refractivity contribution in [2.45, 2.75) is 16.6 Å². The van der Waals surface area contributed by atoms with Crippen molar-refractivity contribution >= 4 is 23.5 Å². The fraction of sp³-hybridized carbons (Fsp3) is 0.200. The highest BCUT2D eigenvalue weighted by Gasteiger charge is 2.30. The summed E-state index contributed by atoms with van der Waals surface area (Å²) in [5.74, 6) is -0.417. The largest absolute Gasteiger partial charge is 0.463 e. The maximum absolute atomic E-state index is 12.4. The second kappa shape index (κ2) is 5.17. The molecule has 1 atom stereocenters. The van der Waals surface area contributed by atoms with Gasteiger partial charge in [-0.05, 0) is 30.2 Å². The molecule has 3 rings (SSSR count). The molecule has 0 aliphatic carbocycles. The lowest BCUT2D eigenvalue weighted by Crippen LogP contribution is -2.15. The van der Waals surface area contributed by atoms with E-state index in [1.54, 1.807) is 0 Å². The molecule has 0 bridgehead atoms. The van der Waals surface area contributed by atoms with Crippen LogP contribution in [0.3, 0.4) is 0 Å². The minimum atomic E-state index is -0.577.